The van der Waals surface area contributed by atoms with Crippen LogP contribution in [0.4, 0.5) is 5.69 Å². The van der Waals surface area contributed by atoms with Gasteiger partial charge in [0.2, 0.25) is 22.7 Å². The Labute approximate surface area is 164 Å². The van der Waals surface area contributed by atoms with Crippen LogP contribution in [0.3, 0.4) is 0 Å². The number of amides is 1. The smallest absolute Gasteiger partial charge is 0.240 e. The SMILES string of the molecule is CC(=O)N1CC(C)(C)c2cc(S(=O)(=O)NCc3ccc4c(c3)OCO4)ccc21. The maximum absolute atomic E-state index is 12.8. The molecule has 8 heteroatoms. The van der Waals surface area contributed by atoms with Crippen LogP contribution in [0.15, 0.2) is 41.3 Å². The molecule has 2 aliphatic heterocycles. The van der Waals surface area contributed by atoms with Gasteiger partial charge in [0.15, 0.2) is 11.5 Å². The first-order chi connectivity index (χ1) is 13.2. The van der Waals surface area contributed by atoms with E-state index < -0.39 is 10.0 Å². The summed E-state index contributed by atoms with van der Waals surface area (Å²) in [6, 6.07) is 10.2. The molecule has 0 atom stereocenters. The average molecular weight is 402 g/mol. The molecule has 1 N–H and O–H groups in total. The molecule has 0 saturated heterocycles. The number of nitrogens with zero attached hydrogens (tertiary/aromatic N) is 1. The lowest BCUT2D eigenvalue weighted by atomic mass is 9.87. The number of ether oxygens (including phenoxy) is 2. The maximum atomic E-state index is 12.8. The number of carbonyl (C=O) groups excluding carboxylic acids is 1. The first kappa shape index (κ1) is 18.8. The molecule has 2 heterocycles. The normalized spacial score (nSPS) is 16.9. The van der Waals surface area contributed by atoms with E-state index >= 15 is 0 Å². The Balaban J connectivity index is 1.57. The van der Waals surface area contributed by atoms with Gasteiger partial charge in [-0.1, -0.05) is 19.9 Å². The van der Waals surface area contributed by atoms with Crippen molar-refractivity contribution in [1.29, 1.82) is 0 Å². The molecule has 2 aromatic rings. The van der Waals surface area contributed by atoms with E-state index in [4.69, 9.17) is 9.47 Å². The zero-order chi connectivity index (χ0) is 20.1. The summed E-state index contributed by atoms with van der Waals surface area (Å²) in [6.07, 6.45) is 0. The first-order valence-corrected chi connectivity index (χ1v) is 10.5. The third-order valence-electron chi connectivity index (χ3n) is 5.14. The van der Waals surface area contributed by atoms with E-state index in [2.05, 4.69) is 4.72 Å². The molecule has 0 fully saturated rings. The average Bonchev–Trinajstić information content (AvgIpc) is 3.21. The van der Waals surface area contributed by atoms with Crippen molar-refractivity contribution >= 4 is 21.6 Å². The van der Waals surface area contributed by atoms with Crippen LogP contribution in [0.25, 0.3) is 0 Å². The van der Waals surface area contributed by atoms with Gasteiger partial charge < -0.3 is 14.4 Å². The molecule has 0 radical (unpaired) electrons. The summed E-state index contributed by atoms with van der Waals surface area (Å²) in [5.74, 6) is 1.21. The zero-order valence-corrected chi connectivity index (χ0v) is 16.8. The zero-order valence-electron chi connectivity index (χ0n) is 16.0. The highest BCUT2D eigenvalue weighted by Crippen LogP contribution is 2.41. The van der Waals surface area contributed by atoms with E-state index in [0.717, 1.165) is 16.8 Å². The fourth-order valence-electron chi connectivity index (χ4n) is 3.62. The van der Waals surface area contributed by atoms with E-state index in [0.29, 0.717) is 18.0 Å². The molecule has 0 bridgehead atoms. The molecule has 0 unspecified atom stereocenters. The van der Waals surface area contributed by atoms with Gasteiger partial charge in [0.25, 0.3) is 0 Å². The molecule has 0 aliphatic carbocycles. The lowest BCUT2D eigenvalue weighted by Gasteiger charge is -2.19. The number of fused-ring (bicyclic) bond motifs is 2. The van der Waals surface area contributed by atoms with Crippen LogP contribution in [0.2, 0.25) is 0 Å². The Morgan fingerprint density at radius 1 is 1.14 bits per heavy atom. The van der Waals surface area contributed by atoms with Gasteiger partial charge in [-0.3, -0.25) is 4.79 Å². The van der Waals surface area contributed by atoms with Crippen molar-refractivity contribution < 1.29 is 22.7 Å². The predicted octanol–water partition coefficient (Wildman–Crippen LogP) is 2.54. The van der Waals surface area contributed by atoms with Gasteiger partial charge in [0, 0.05) is 31.1 Å². The fourth-order valence-corrected chi connectivity index (χ4v) is 4.66. The Bertz CT molecular complexity index is 1060. The molecule has 0 saturated carbocycles. The summed E-state index contributed by atoms with van der Waals surface area (Å²) in [7, 11) is -3.71. The summed E-state index contributed by atoms with van der Waals surface area (Å²) in [5, 5.41) is 0. The molecule has 7 nitrogen and oxygen atoms in total. The number of hydrogen-bond acceptors (Lipinski definition) is 5. The number of rotatable bonds is 4. The standard InChI is InChI=1S/C20H22N2O5S/c1-13(23)22-11-20(2,3)16-9-15(5-6-17(16)22)28(24,25)21-10-14-4-7-18-19(8-14)27-12-26-18/h4-9,21H,10-12H2,1-3H3. The second-order valence-corrected chi connectivity index (χ2v) is 9.45. The summed E-state index contributed by atoms with van der Waals surface area (Å²) in [6.45, 7) is 6.37. The van der Waals surface area contributed by atoms with E-state index in [-0.39, 0.29) is 29.6 Å². The van der Waals surface area contributed by atoms with E-state index in [9.17, 15) is 13.2 Å². The van der Waals surface area contributed by atoms with Gasteiger partial charge in [-0.25, -0.2) is 13.1 Å². The topological polar surface area (TPSA) is 84.9 Å². The number of carbonyl (C=O) groups is 1. The highest BCUT2D eigenvalue weighted by atomic mass is 32.2. The monoisotopic (exact) mass is 402 g/mol. The summed E-state index contributed by atoms with van der Waals surface area (Å²) in [5.41, 5.74) is 2.09. The number of anilines is 1. The summed E-state index contributed by atoms with van der Waals surface area (Å²) in [4.78, 5) is 13.8. The highest BCUT2D eigenvalue weighted by molar-refractivity contribution is 7.89. The lowest BCUT2D eigenvalue weighted by Crippen LogP contribution is -2.31. The van der Waals surface area contributed by atoms with Crippen LogP contribution in [0, 0.1) is 0 Å². The molecule has 2 aromatic carbocycles. The number of hydrogen-bond donors (Lipinski definition) is 1. The first-order valence-electron chi connectivity index (χ1n) is 8.98. The Morgan fingerprint density at radius 2 is 1.89 bits per heavy atom. The van der Waals surface area contributed by atoms with Crippen molar-refractivity contribution in [3.63, 3.8) is 0 Å². The van der Waals surface area contributed by atoms with Crippen LogP contribution < -0.4 is 19.1 Å². The predicted molar refractivity (Wildman–Crippen MR) is 104 cm³/mol. The largest absolute Gasteiger partial charge is 0.454 e. The number of sulfonamides is 1. The van der Waals surface area contributed by atoms with E-state index in [1.54, 1.807) is 35.2 Å². The van der Waals surface area contributed by atoms with Crippen LogP contribution in [-0.4, -0.2) is 27.7 Å². The third kappa shape index (κ3) is 3.22. The lowest BCUT2D eigenvalue weighted by molar-refractivity contribution is -0.116. The van der Waals surface area contributed by atoms with Crippen molar-refractivity contribution in [2.45, 2.75) is 37.6 Å². The molecule has 1 amide bonds. The van der Waals surface area contributed by atoms with Gasteiger partial charge in [-0.2, -0.15) is 0 Å². The Kier molecular flexibility index (Phi) is 4.35. The minimum atomic E-state index is -3.71. The number of nitrogens with one attached hydrogen (secondary N) is 1. The van der Waals surface area contributed by atoms with Gasteiger partial charge in [-0.15, -0.1) is 0 Å². The van der Waals surface area contributed by atoms with Gasteiger partial charge in [0.1, 0.15) is 0 Å². The van der Waals surface area contributed by atoms with Gasteiger partial charge in [-0.05, 0) is 41.5 Å². The highest BCUT2D eigenvalue weighted by Gasteiger charge is 2.37. The molecule has 0 aromatic heterocycles. The van der Waals surface area contributed by atoms with Gasteiger partial charge >= 0.3 is 0 Å². The molecule has 4 rings (SSSR count). The van der Waals surface area contributed by atoms with Crippen molar-refractivity contribution in [2.24, 2.45) is 0 Å². The Hall–Kier alpha value is -2.58. The van der Waals surface area contributed by atoms with Crippen molar-refractivity contribution in [3.8, 4) is 11.5 Å². The fraction of sp³-hybridized carbons (Fsp3) is 0.350. The Morgan fingerprint density at radius 3 is 2.64 bits per heavy atom. The second kappa shape index (κ2) is 6.49. The molecular formula is C20H22N2O5S. The summed E-state index contributed by atoms with van der Waals surface area (Å²) >= 11 is 0. The molecule has 148 valence electrons. The molecule has 2 aliphatic rings. The quantitative estimate of drug-likeness (QED) is 0.850. The number of benzene rings is 2. The second-order valence-electron chi connectivity index (χ2n) is 7.68. The van der Waals surface area contributed by atoms with Crippen LogP contribution in [0.5, 0.6) is 11.5 Å². The summed E-state index contributed by atoms with van der Waals surface area (Å²) < 4.78 is 38.9. The molecule has 28 heavy (non-hydrogen) atoms. The van der Waals surface area contributed by atoms with Crippen LogP contribution in [0.1, 0.15) is 31.9 Å². The van der Waals surface area contributed by atoms with Gasteiger partial charge in [0.05, 0.1) is 4.90 Å². The van der Waals surface area contributed by atoms with Crippen molar-refractivity contribution in [2.75, 3.05) is 18.2 Å². The van der Waals surface area contributed by atoms with Crippen LogP contribution in [-0.2, 0) is 26.8 Å². The van der Waals surface area contributed by atoms with Crippen molar-refractivity contribution in [3.05, 3.63) is 47.5 Å². The van der Waals surface area contributed by atoms with E-state index in [1.807, 2.05) is 13.8 Å². The van der Waals surface area contributed by atoms with Crippen molar-refractivity contribution in [1.82, 2.24) is 4.72 Å². The minimum absolute atomic E-state index is 0.0524. The molecule has 0 spiro atoms. The van der Waals surface area contributed by atoms with Crippen LogP contribution >= 0.6 is 0 Å². The maximum Gasteiger partial charge on any atom is 0.240 e. The minimum Gasteiger partial charge on any atom is -0.454 e. The molecular weight excluding hydrogens is 380 g/mol. The van der Waals surface area contributed by atoms with E-state index in [1.165, 1.54) is 13.0 Å². The third-order valence-corrected chi connectivity index (χ3v) is 6.53.